The van der Waals surface area contributed by atoms with Gasteiger partial charge in [-0.1, -0.05) is 20.8 Å². The lowest BCUT2D eigenvalue weighted by Crippen LogP contribution is -2.55. The zero-order chi connectivity index (χ0) is 21.7. The van der Waals surface area contributed by atoms with Crippen LogP contribution in [0.1, 0.15) is 27.2 Å². The van der Waals surface area contributed by atoms with Crippen LogP contribution in [0.2, 0.25) is 0 Å². The van der Waals surface area contributed by atoms with Gasteiger partial charge in [0.25, 0.3) is 0 Å². The number of carbonyl (C=O) groups excluding carboxylic acids is 1. The molecule has 2 aliphatic rings. The lowest BCUT2D eigenvalue weighted by Gasteiger charge is -2.37. The van der Waals surface area contributed by atoms with E-state index in [1.54, 1.807) is 12.1 Å². The first-order valence-corrected chi connectivity index (χ1v) is 12.1. The number of ether oxygens (including phenoxy) is 1. The molecule has 1 N–H and O–H groups in total. The zero-order valence-electron chi connectivity index (χ0n) is 18.1. The van der Waals surface area contributed by atoms with Gasteiger partial charge >= 0.3 is 0 Å². The topological polar surface area (TPSA) is 95.1 Å². The van der Waals surface area contributed by atoms with Gasteiger partial charge in [0.05, 0.1) is 19.3 Å². The van der Waals surface area contributed by atoms with Gasteiger partial charge in [0.15, 0.2) is 0 Å². The largest absolute Gasteiger partial charge is 0.379 e. The predicted octanol–water partition coefficient (Wildman–Crippen LogP) is 0.528. The zero-order valence-corrected chi connectivity index (χ0v) is 18.9. The summed E-state index contributed by atoms with van der Waals surface area (Å²) in [6.45, 7) is 10.3. The molecule has 1 aromatic rings. The van der Waals surface area contributed by atoms with Crippen LogP contribution in [0.4, 0.5) is 5.82 Å². The predicted molar refractivity (Wildman–Crippen MR) is 115 cm³/mol. The van der Waals surface area contributed by atoms with Crippen LogP contribution in [0.5, 0.6) is 0 Å². The van der Waals surface area contributed by atoms with Crippen LogP contribution in [0.25, 0.3) is 0 Å². The minimum absolute atomic E-state index is 0.144. The summed E-state index contributed by atoms with van der Waals surface area (Å²) in [5, 5.41) is 3.33. The maximum Gasteiger partial charge on any atom is 0.244 e. The van der Waals surface area contributed by atoms with Gasteiger partial charge in [0, 0.05) is 51.5 Å². The fraction of sp³-hybridized carbons (Fsp3) is 0.700. The highest BCUT2D eigenvalue weighted by atomic mass is 32.2. The summed E-state index contributed by atoms with van der Waals surface area (Å²) in [4.78, 5) is 21.3. The highest BCUT2D eigenvalue weighted by molar-refractivity contribution is 7.89. The van der Waals surface area contributed by atoms with E-state index < -0.39 is 10.0 Å². The van der Waals surface area contributed by atoms with Crippen molar-refractivity contribution in [2.75, 3.05) is 57.4 Å². The number of rotatable bonds is 7. The quantitative estimate of drug-likeness (QED) is 0.662. The number of hydrogen-bond acceptors (Lipinski definition) is 7. The molecule has 0 saturated carbocycles. The summed E-state index contributed by atoms with van der Waals surface area (Å²) in [6, 6.07) is 3.47. The number of aromatic nitrogens is 1. The number of amides is 1. The van der Waals surface area contributed by atoms with Crippen molar-refractivity contribution in [1.82, 2.24) is 19.5 Å². The van der Waals surface area contributed by atoms with Crippen LogP contribution in [-0.2, 0) is 19.6 Å². The smallest absolute Gasteiger partial charge is 0.244 e. The Balaban J connectivity index is 1.59. The number of pyridine rings is 1. The monoisotopic (exact) mass is 439 g/mol. The molecule has 0 unspecified atom stereocenters. The third-order valence-corrected chi connectivity index (χ3v) is 7.37. The van der Waals surface area contributed by atoms with Crippen LogP contribution < -0.4 is 10.2 Å². The molecule has 9 nitrogen and oxygen atoms in total. The SMILES string of the molecule is CC[C@H](NC(C)C)C(=O)N1CCN(c2ccc(S(=O)(=O)N3CCOCC3)cn2)CC1. The number of morpholine rings is 1. The van der Waals surface area contributed by atoms with Gasteiger partial charge in [-0.15, -0.1) is 0 Å². The average Bonchev–Trinajstić information content (AvgIpc) is 2.77. The normalized spacial score (nSPS) is 19.9. The van der Waals surface area contributed by atoms with Crippen molar-refractivity contribution >= 4 is 21.7 Å². The number of anilines is 1. The van der Waals surface area contributed by atoms with Crippen LogP contribution >= 0.6 is 0 Å². The van der Waals surface area contributed by atoms with Crippen molar-refractivity contribution in [3.63, 3.8) is 0 Å². The lowest BCUT2D eigenvalue weighted by molar-refractivity contribution is -0.134. The highest BCUT2D eigenvalue weighted by Gasteiger charge is 2.29. The molecule has 3 heterocycles. The molecule has 0 aromatic carbocycles. The van der Waals surface area contributed by atoms with Gasteiger partial charge in [0.2, 0.25) is 15.9 Å². The Hall–Kier alpha value is -1.75. The summed E-state index contributed by atoms with van der Waals surface area (Å²) in [7, 11) is -3.54. The minimum atomic E-state index is -3.54. The van der Waals surface area contributed by atoms with Crippen molar-refractivity contribution in [2.45, 2.75) is 44.2 Å². The van der Waals surface area contributed by atoms with E-state index in [1.807, 2.05) is 25.7 Å². The first kappa shape index (κ1) is 22.9. The van der Waals surface area contributed by atoms with Crippen LogP contribution in [0.15, 0.2) is 23.2 Å². The number of sulfonamides is 1. The summed E-state index contributed by atoms with van der Waals surface area (Å²) < 4.78 is 32.1. The Morgan fingerprint density at radius 1 is 1.13 bits per heavy atom. The fourth-order valence-electron chi connectivity index (χ4n) is 3.79. The molecule has 0 aliphatic carbocycles. The molecular formula is C20H33N5O4S. The van der Waals surface area contributed by atoms with Crippen molar-refractivity contribution < 1.29 is 17.9 Å². The van der Waals surface area contributed by atoms with E-state index in [0.29, 0.717) is 52.5 Å². The molecule has 1 aromatic heterocycles. The maximum absolute atomic E-state index is 12.8. The van der Waals surface area contributed by atoms with Crippen molar-refractivity contribution in [2.24, 2.45) is 0 Å². The molecule has 1 amide bonds. The number of carbonyl (C=O) groups is 1. The Bertz CT molecular complexity index is 801. The van der Waals surface area contributed by atoms with Gasteiger partial charge in [-0.2, -0.15) is 4.31 Å². The number of hydrogen-bond donors (Lipinski definition) is 1. The lowest BCUT2D eigenvalue weighted by atomic mass is 10.1. The summed E-state index contributed by atoms with van der Waals surface area (Å²) >= 11 is 0. The standard InChI is InChI=1S/C20H33N5O4S/c1-4-18(22-16(2)3)20(26)24-9-7-23(8-10-24)19-6-5-17(15-21-19)30(27,28)25-11-13-29-14-12-25/h5-6,15-16,18,22H,4,7-14H2,1-3H3/t18-/m0/s1. The number of piperazine rings is 1. The average molecular weight is 440 g/mol. The van der Waals surface area contributed by atoms with Gasteiger partial charge in [-0.25, -0.2) is 13.4 Å². The van der Waals surface area contributed by atoms with E-state index in [1.165, 1.54) is 10.5 Å². The third kappa shape index (κ3) is 5.29. The van der Waals surface area contributed by atoms with E-state index >= 15 is 0 Å². The summed E-state index contributed by atoms with van der Waals surface area (Å²) in [5.74, 6) is 0.876. The molecule has 168 valence electrons. The first-order valence-electron chi connectivity index (χ1n) is 10.7. The minimum Gasteiger partial charge on any atom is -0.379 e. The second-order valence-corrected chi connectivity index (χ2v) is 9.90. The third-order valence-electron chi connectivity index (χ3n) is 5.48. The molecule has 0 spiro atoms. The van der Waals surface area contributed by atoms with E-state index in [0.717, 1.165) is 12.2 Å². The van der Waals surface area contributed by atoms with Gasteiger partial charge in [0.1, 0.15) is 10.7 Å². The van der Waals surface area contributed by atoms with E-state index in [4.69, 9.17) is 4.74 Å². The molecule has 2 saturated heterocycles. The second-order valence-electron chi connectivity index (χ2n) is 7.96. The first-order chi connectivity index (χ1) is 14.3. The van der Waals surface area contributed by atoms with Crippen LogP contribution in [-0.4, -0.2) is 93.1 Å². The van der Waals surface area contributed by atoms with Crippen LogP contribution in [0.3, 0.4) is 0 Å². The molecule has 0 radical (unpaired) electrons. The summed E-state index contributed by atoms with van der Waals surface area (Å²) in [6.07, 6.45) is 2.19. The van der Waals surface area contributed by atoms with Crippen molar-refractivity contribution in [1.29, 1.82) is 0 Å². The van der Waals surface area contributed by atoms with Crippen LogP contribution in [0, 0.1) is 0 Å². The van der Waals surface area contributed by atoms with Crippen molar-refractivity contribution in [3.8, 4) is 0 Å². The molecule has 1 atom stereocenters. The van der Waals surface area contributed by atoms with E-state index in [-0.39, 0.29) is 22.9 Å². The Morgan fingerprint density at radius 2 is 1.80 bits per heavy atom. The molecule has 30 heavy (non-hydrogen) atoms. The number of nitrogens with one attached hydrogen (secondary N) is 1. The van der Waals surface area contributed by atoms with Crippen molar-refractivity contribution in [3.05, 3.63) is 18.3 Å². The van der Waals surface area contributed by atoms with E-state index in [9.17, 15) is 13.2 Å². The Morgan fingerprint density at radius 3 is 2.33 bits per heavy atom. The molecule has 10 heteroatoms. The second kappa shape index (κ2) is 10.0. The highest BCUT2D eigenvalue weighted by Crippen LogP contribution is 2.20. The number of nitrogens with zero attached hydrogens (tertiary/aromatic N) is 4. The molecule has 0 bridgehead atoms. The molecule has 2 aliphatic heterocycles. The molecular weight excluding hydrogens is 406 g/mol. The molecule has 3 rings (SSSR count). The van der Waals surface area contributed by atoms with Gasteiger partial charge < -0.3 is 19.9 Å². The summed E-state index contributed by atoms with van der Waals surface area (Å²) in [5.41, 5.74) is 0. The fourth-order valence-corrected chi connectivity index (χ4v) is 5.14. The Kier molecular flexibility index (Phi) is 7.67. The Labute approximate surface area is 179 Å². The van der Waals surface area contributed by atoms with Gasteiger partial charge in [-0.05, 0) is 18.6 Å². The maximum atomic E-state index is 12.8. The van der Waals surface area contributed by atoms with Gasteiger partial charge in [-0.3, -0.25) is 4.79 Å². The van der Waals surface area contributed by atoms with E-state index in [2.05, 4.69) is 15.2 Å². The molecule has 2 fully saturated rings.